The van der Waals surface area contributed by atoms with E-state index in [-0.39, 0.29) is 11.9 Å². The summed E-state index contributed by atoms with van der Waals surface area (Å²) in [6.07, 6.45) is 1.24. The topological polar surface area (TPSA) is 64.2 Å². The van der Waals surface area contributed by atoms with Gasteiger partial charge in [-0.05, 0) is 19.1 Å². The Morgan fingerprint density at radius 2 is 1.50 bits per heavy atom. The molecule has 0 bridgehead atoms. The Kier molecular flexibility index (Phi) is 5.84. The molecule has 0 spiro atoms. The zero-order valence-electron chi connectivity index (χ0n) is 15.5. The fraction of sp³-hybridized carbons (Fsp3) is 0.611. The second-order valence-electron chi connectivity index (χ2n) is 7.02. The van der Waals surface area contributed by atoms with E-state index < -0.39 is 10.0 Å². The van der Waals surface area contributed by atoms with Gasteiger partial charge < -0.3 is 9.80 Å². The van der Waals surface area contributed by atoms with Crippen LogP contribution in [0.1, 0.15) is 6.92 Å². The first-order valence-electron chi connectivity index (χ1n) is 9.14. The summed E-state index contributed by atoms with van der Waals surface area (Å²) < 4.78 is 24.7. The summed E-state index contributed by atoms with van der Waals surface area (Å²) in [5.74, 6) is 0.144. The van der Waals surface area contributed by atoms with E-state index >= 15 is 0 Å². The number of para-hydroxylation sites is 1. The number of anilines is 1. The Morgan fingerprint density at radius 3 is 2.04 bits per heavy atom. The Labute approximate surface area is 156 Å². The third-order valence-corrected chi connectivity index (χ3v) is 6.66. The molecule has 8 heteroatoms. The average molecular weight is 381 g/mol. The van der Waals surface area contributed by atoms with Crippen LogP contribution in [0, 0.1) is 0 Å². The van der Waals surface area contributed by atoms with Crippen LogP contribution in [0.25, 0.3) is 0 Å². The summed E-state index contributed by atoms with van der Waals surface area (Å²) in [6.45, 7) is 7.17. The highest BCUT2D eigenvalue weighted by atomic mass is 32.2. The molecule has 0 aliphatic carbocycles. The highest BCUT2D eigenvalue weighted by Gasteiger charge is 2.32. The number of rotatable bonds is 4. The molecule has 0 N–H and O–H groups in total. The maximum absolute atomic E-state index is 12.9. The minimum absolute atomic E-state index is 0.144. The average Bonchev–Trinajstić information content (AvgIpc) is 2.67. The monoisotopic (exact) mass is 380 g/mol. The summed E-state index contributed by atoms with van der Waals surface area (Å²) in [5, 5.41) is 0. The molecule has 1 amide bonds. The molecular weight excluding hydrogens is 352 g/mol. The fourth-order valence-corrected chi connectivity index (χ4v) is 4.49. The van der Waals surface area contributed by atoms with Crippen LogP contribution in [-0.4, -0.2) is 93.1 Å². The molecule has 0 saturated carbocycles. The number of carbonyl (C=O) groups is 1. The summed E-state index contributed by atoms with van der Waals surface area (Å²) >= 11 is 0. The predicted molar refractivity (Wildman–Crippen MR) is 103 cm³/mol. The summed E-state index contributed by atoms with van der Waals surface area (Å²) in [7, 11) is -3.14. The zero-order valence-corrected chi connectivity index (χ0v) is 16.4. The van der Waals surface area contributed by atoms with Gasteiger partial charge in [-0.1, -0.05) is 18.2 Å². The van der Waals surface area contributed by atoms with Crippen molar-refractivity contribution in [1.29, 1.82) is 0 Å². The standard InChI is InChI=1S/C18H28N4O3S/c1-16(19-12-14-22(15-13-19)26(2,24)25)18(23)21-10-8-20(9-11-21)17-6-4-3-5-7-17/h3-7,16H,8-15H2,1-2H3. The van der Waals surface area contributed by atoms with Crippen LogP contribution < -0.4 is 4.90 Å². The number of amides is 1. The Balaban J connectivity index is 1.51. The largest absolute Gasteiger partial charge is 0.368 e. The van der Waals surface area contributed by atoms with E-state index in [1.54, 1.807) is 0 Å². The highest BCUT2D eigenvalue weighted by molar-refractivity contribution is 7.88. The van der Waals surface area contributed by atoms with E-state index in [0.29, 0.717) is 26.2 Å². The van der Waals surface area contributed by atoms with Gasteiger partial charge in [-0.3, -0.25) is 9.69 Å². The molecule has 144 valence electrons. The van der Waals surface area contributed by atoms with Crippen LogP contribution in [-0.2, 0) is 14.8 Å². The second kappa shape index (κ2) is 7.94. The zero-order chi connectivity index (χ0) is 18.7. The molecule has 1 aromatic rings. The number of carbonyl (C=O) groups excluding carboxylic acids is 1. The number of nitrogens with zero attached hydrogens (tertiary/aromatic N) is 4. The van der Waals surface area contributed by atoms with Crippen molar-refractivity contribution in [2.24, 2.45) is 0 Å². The quantitative estimate of drug-likeness (QED) is 0.752. The van der Waals surface area contributed by atoms with Crippen molar-refractivity contribution >= 4 is 21.6 Å². The number of hydrogen-bond acceptors (Lipinski definition) is 5. The van der Waals surface area contributed by atoms with E-state index in [0.717, 1.165) is 26.2 Å². The lowest BCUT2D eigenvalue weighted by atomic mass is 10.2. The Bertz CT molecular complexity index is 709. The number of benzene rings is 1. The summed E-state index contributed by atoms with van der Waals surface area (Å²) in [4.78, 5) is 19.2. The van der Waals surface area contributed by atoms with Gasteiger partial charge in [-0.25, -0.2) is 8.42 Å². The minimum Gasteiger partial charge on any atom is -0.368 e. The van der Waals surface area contributed by atoms with Crippen LogP contribution in [0.3, 0.4) is 0 Å². The third-order valence-electron chi connectivity index (χ3n) is 5.36. The predicted octanol–water partition coefficient (Wildman–Crippen LogP) is 0.301. The first-order valence-corrected chi connectivity index (χ1v) is 11.0. The molecule has 2 heterocycles. The van der Waals surface area contributed by atoms with E-state index in [1.165, 1.54) is 16.2 Å². The van der Waals surface area contributed by atoms with Crippen molar-refractivity contribution in [3.63, 3.8) is 0 Å². The summed E-state index contributed by atoms with van der Waals surface area (Å²) in [6, 6.07) is 10.1. The van der Waals surface area contributed by atoms with Crippen molar-refractivity contribution in [3.05, 3.63) is 30.3 Å². The van der Waals surface area contributed by atoms with E-state index in [2.05, 4.69) is 21.9 Å². The molecule has 2 saturated heterocycles. The van der Waals surface area contributed by atoms with Crippen LogP contribution in [0.5, 0.6) is 0 Å². The minimum atomic E-state index is -3.14. The SMILES string of the molecule is CC(C(=O)N1CCN(c2ccccc2)CC1)N1CCN(S(C)(=O)=O)CC1. The molecule has 2 fully saturated rings. The molecule has 7 nitrogen and oxygen atoms in total. The normalized spacial score (nSPS) is 21.6. The first kappa shape index (κ1) is 19.1. The number of sulfonamides is 1. The molecule has 1 aromatic carbocycles. The van der Waals surface area contributed by atoms with Crippen molar-refractivity contribution in [2.45, 2.75) is 13.0 Å². The van der Waals surface area contributed by atoms with Gasteiger partial charge in [0.15, 0.2) is 0 Å². The Hall–Kier alpha value is -1.64. The lowest BCUT2D eigenvalue weighted by Gasteiger charge is -2.41. The molecule has 2 aliphatic rings. The second-order valence-corrected chi connectivity index (χ2v) is 9.00. The van der Waals surface area contributed by atoms with Gasteiger partial charge in [0.25, 0.3) is 0 Å². The van der Waals surface area contributed by atoms with Crippen molar-refractivity contribution < 1.29 is 13.2 Å². The number of hydrogen-bond donors (Lipinski definition) is 0. The molecule has 2 aliphatic heterocycles. The highest BCUT2D eigenvalue weighted by Crippen LogP contribution is 2.17. The lowest BCUT2D eigenvalue weighted by Crippen LogP contribution is -2.57. The maximum atomic E-state index is 12.9. The van der Waals surface area contributed by atoms with E-state index in [9.17, 15) is 13.2 Å². The molecule has 0 radical (unpaired) electrons. The van der Waals surface area contributed by atoms with Crippen LogP contribution >= 0.6 is 0 Å². The molecule has 1 unspecified atom stereocenters. The molecular formula is C18H28N4O3S. The maximum Gasteiger partial charge on any atom is 0.239 e. The number of piperazine rings is 2. The molecule has 1 atom stereocenters. The molecule has 0 aromatic heterocycles. The van der Waals surface area contributed by atoms with Gasteiger partial charge in [0, 0.05) is 58.0 Å². The first-order chi connectivity index (χ1) is 12.4. The van der Waals surface area contributed by atoms with Gasteiger partial charge in [-0.2, -0.15) is 4.31 Å². The Morgan fingerprint density at radius 1 is 0.923 bits per heavy atom. The van der Waals surface area contributed by atoms with Gasteiger partial charge >= 0.3 is 0 Å². The van der Waals surface area contributed by atoms with E-state index in [4.69, 9.17) is 0 Å². The van der Waals surface area contributed by atoms with Gasteiger partial charge in [-0.15, -0.1) is 0 Å². The molecule has 26 heavy (non-hydrogen) atoms. The lowest BCUT2D eigenvalue weighted by molar-refractivity contribution is -0.137. The third kappa shape index (κ3) is 4.36. The van der Waals surface area contributed by atoms with Crippen molar-refractivity contribution in [1.82, 2.24) is 14.1 Å². The van der Waals surface area contributed by atoms with Crippen LogP contribution in [0.15, 0.2) is 30.3 Å². The molecule has 3 rings (SSSR count). The fourth-order valence-electron chi connectivity index (χ4n) is 3.67. The van der Waals surface area contributed by atoms with Crippen molar-refractivity contribution in [2.75, 3.05) is 63.5 Å². The van der Waals surface area contributed by atoms with Crippen LogP contribution in [0.4, 0.5) is 5.69 Å². The van der Waals surface area contributed by atoms with Crippen molar-refractivity contribution in [3.8, 4) is 0 Å². The van der Waals surface area contributed by atoms with Gasteiger partial charge in [0.05, 0.1) is 12.3 Å². The van der Waals surface area contributed by atoms with E-state index in [1.807, 2.05) is 30.0 Å². The summed E-state index contributed by atoms with van der Waals surface area (Å²) in [5.41, 5.74) is 1.20. The van der Waals surface area contributed by atoms with Gasteiger partial charge in [0.1, 0.15) is 0 Å². The van der Waals surface area contributed by atoms with Gasteiger partial charge in [0.2, 0.25) is 15.9 Å². The smallest absolute Gasteiger partial charge is 0.239 e. The van der Waals surface area contributed by atoms with Crippen LogP contribution in [0.2, 0.25) is 0 Å².